The van der Waals surface area contributed by atoms with Gasteiger partial charge in [-0.05, 0) is 6.08 Å². The molecular formula is C8H10O4. The fraction of sp³-hybridized carbons (Fsp3) is 0.750. The van der Waals surface area contributed by atoms with Crippen LogP contribution >= 0.6 is 0 Å². The summed E-state index contributed by atoms with van der Waals surface area (Å²) in [5.74, 6) is -0.743. The normalized spacial score (nSPS) is 42.7. The summed E-state index contributed by atoms with van der Waals surface area (Å²) in [7, 11) is 0. The summed E-state index contributed by atoms with van der Waals surface area (Å²) in [5.41, 5.74) is 0. The van der Waals surface area contributed by atoms with Gasteiger partial charge in [-0.2, -0.15) is 0 Å². The van der Waals surface area contributed by atoms with Gasteiger partial charge in [-0.3, -0.25) is 0 Å². The van der Waals surface area contributed by atoms with Crippen LogP contribution in [0.15, 0.2) is 12.2 Å². The van der Waals surface area contributed by atoms with Gasteiger partial charge in [0.15, 0.2) is 0 Å². The molecular weight excluding hydrogens is 160 g/mol. The van der Waals surface area contributed by atoms with Crippen LogP contribution in [0.5, 0.6) is 0 Å². The first-order valence-corrected chi connectivity index (χ1v) is 4.13. The van der Waals surface area contributed by atoms with Crippen LogP contribution in [-0.2, 0) is 18.9 Å². The SMILES string of the molecule is C1=CC2(OCCO2)[C@@H]2OC[C@H]1O2. The van der Waals surface area contributed by atoms with E-state index in [0.29, 0.717) is 19.8 Å². The molecule has 0 aromatic heterocycles. The predicted molar refractivity (Wildman–Crippen MR) is 38.4 cm³/mol. The van der Waals surface area contributed by atoms with Gasteiger partial charge in [0.1, 0.15) is 6.10 Å². The van der Waals surface area contributed by atoms with Gasteiger partial charge < -0.3 is 18.9 Å². The molecule has 0 aromatic rings. The molecule has 0 unspecified atom stereocenters. The smallest absolute Gasteiger partial charge is 0.241 e. The standard InChI is InChI=1S/C8H10O4/c1-2-8(10-3-4-11-8)7-9-5-6(1)12-7/h1-2,6-7H,3-5H2/t6-,7+/m0/s1. The van der Waals surface area contributed by atoms with E-state index in [1.54, 1.807) is 0 Å². The summed E-state index contributed by atoms with van der Waals surface area (Å²) in [5, 5.41) is 0. The third-order valence-corrected chi connectivity index (χ3v) is 2.32. The minimum absolute atomic E-state index is 0.0911. The quantitative estimate of drug-likeness (QED) is 0.481. The average Bonchev–Trinajstić information content (AvgIpc) is 2.64. The highest BCUT2D eigenvalue weighted by atomic mass is 16.8. The molecule has 0 saturated carbocycles. The molecule has 0 N–H and O–H groups in total. The summed E-state index contributed by atoms with van der Waals surface area (Å²) in [6.07, 6.45) is 3.57. The molecule has 2 fully saturated rings. The zero-order valence-electron chi connectivity index (χ0n) is 6.56. The Morgan fingerprint density at radius 3 is 2.92 bits per heavy atom. The first-order valence-electron chi connectivity index (χ1n) is 4.13. The molecule has 4 heteroatoms. The highest BCUT2D eigenvalue weighted by Crippen LogP contribution is 2.35. The van der Waals surface area contributed by atoms with E-state index in [9.17, 15) is 0 Å². The average molecular weight is 170 g/mol. The first-order chi connectivity index (χ1) is 5.89. The Balaban J connectivity index is 1.94. The van der Waals surface area contributed by atoms with Crippen molar-refractivity contribution in [3.63, 3.8) is 0 Å². The molecule has 4 nitrogen and oxygen atoms in total. The zero-order chi connectivity index (χ0) is 8.02. The fourth-order valence-corrected chi connectivity index (χ4v) is 1.73. The van der Waals surface area contributed by atoms with Crippen molar-refractivity contribution >= 4 is 0 Å². The van der Waals surface area contributed by atoms with Crippen LogP contribution in [0.25, 0.3) is 0 Å². The maximum Gasteiger partial charge on any atom is 0.241 e. The van der Waals surface area contributed by atoms with Crippen molar-refractivity contribution in [2.24, 2.45) is 0 Å². The molecule has 66 valence electrons. The summed E-state index contributed by atoms with van der Waals surface area (Å²) in [4.78, 5) is 0. The predicted octanol–water partition coefficient (Wildman–Crippen LogP) is 0.0408. The fourth-order valence-electron chi connectivity index (χ4n) is 1.73. The van der Waals surface area contributed by atoms with E-state index in [1.165, 1.54) is 0 Å². The van der Waals surface area contributed by atoms with Crippen molar-refractivity contribution in [2.45, 2.75) is 18.2 Å². The van der Waals surface area contributed by atoms with Gasteiger partial charge in [-0.1, -0.05) is 6.08 Å². The van der Waals surface area contributed by atoms with E-state index in [1.807, 2.05) is 12.2 Å². The van der Waals surface area contributed by atoms with E-state index in [4.69, 9.17) is 18.9 Å². The van der Waals surface area contributed by atoms with Gasteiger partial charge in [-0.15, -0.1) is 0 Å². The number of ether oxygens (including phenoxy) is 4. The second-order valence-electron chi connectivity index (χ2n) is 3.12. The van der Waals surface area contributed by atoms with Crippen LogP contribution < -0.4 is 0 Å². The van der Waals surface area contributed by atoms with Crippen molar-refractivity contribution in [3.05, 3.63) is 12.2 Å². The number of hydrogen-bond donors (Lipinski definition) is 0. The summed E-state index contributed by atoms with van der Waals surface area (Å²) >= 11 is 0. The highest BCUT2D eigenvalue weighted by Gasteiger charge is 2.50. The van der Waals surface area contributed by atoms with Crippen molar-refractivity contribution in [1.82, 2.24) is 0 Å². The second-order valence-corrected chi connectivity index (χ2v) is 3.12. The molecule has 2 atom stereocenters. The largest absolute Gasteiger partial charge is 0.344 e. The molecule has 3 aliphatic rings. The Morgan fingerprint density at radius 2 is 2.08 bits per heavy atom. The zero-order valence-corrected chi connectivity index (χ0v) is 6.56. The summed E-state index contributed by atoms with van der Waals surface area (Å²) < 4.78 is 21.8. The van der Waals surface area contributed by atoms with Crippen molar-refractivity contribution in [2.75, 3.05) is 19.8 Å². The monoisotopic (exact) mass is 170 g/mol. The van der Waals surface area contributed by atoms with Gasteiger partial charge in [-0.25, -0.2) is 0 Å². The van der Waals surface area contributed by atoms with Gasteiger partial charge in [0.25, 0.3) is 0 Å². The first kappa shape index (κ1) is 7.03. The third kappa shape index (κ3) is 0.806. The minimum Gasteiger partial charge on any atom is -0.344 e. The highest BCUT2D eigenvalue weighted by molar-refractivity contribution is 5.10. The van der Waals surface area contributed by atoms with Crippen molar-refractivity contribution in [1.29, 1.82) is 0 Å². The molecule has 3 heterocycles. The third-order valence-electron chi connectivity index (χ3n) is 2.32. The number of fused-ring (bicyclic) bond motifs is 3. The van der Waals surface area contributed by atoms with Crippen molar-refractivity contribution in [3.8, 4) is 0 Å². The van der Waals surface area contributed by atoms with Crippen molar-refractivity contribution < 1.29 is 18.9 Å². The molecule has 2 bridgehead atoms. The van der Waals surface area contributed by atoms with E-state index in [2.05, 4.69) is 0 Å². The van der Waals surface area contributed by atoms with Crippen LogP contribution in [0.1, 0.15) is 0 Å². The maximum atomic E-state index is 5.48. The van der Waals surface area contributed by atoms with E-state index in [0.717, 1.165) is 0 Å². The van der Waals surface area contributed by atoms with Gasteiger partial charge in [0.2, 0.25) is 12.1 Å². The maximum absolute atomic E-state index is 5.48. The Bertz CT molecular complexity index is 219. The van der Waals surface area contributed by atoms with E-state index >= 15 is 0 Å². The van der Waals surface area contributed by atoms with Crippen LogP contribution in [0.4, 0.5) is 0 Å². The molecule has 12 heavy (non-hydrogen) atoms. The van der Waals surface area contributed by atoms with Gasteiger partial charge in [0.05, 0.1) is 19.8 Å². The Morgan fingerprint density at radius 1 is 1.25 bits per heavy atom. The number of hydrogen-bond acceptors (Lipinski definition) is 4. The van der Waals surface area contributed by atoms with E-state index < -0.39 is 5.79 Å². The van der Waals surface area contributed by atoms with Crippen LogP contribution in [-0.4, -0.2) is 38.0 Å². The van der Waals surface area contributed by atoms with E-state index in [-0.39, 0.29) is 12.4 Å². The summed E-state index contributed by atoms with van der Waals surface area (Å²) in [6, 6.07) is 0. The molecule has 0 aliphatic carbocycles. The summed E-state index contributed by atoms with van der Waals surface area (Å²) in [6.45, 7) is 1.83. The molecule has 0 aromatic carbocycles. The Labute approximate surface area is 70.0 Å². The Hall–Kier alpha value is -0.420. The lowest BCUT2D eigenvalue weighted by Crippen LogP contribution is -2.44. The van der Waals surface area contributed by atoms with Crippen LogP contribution in [0, 0.1) is 0 Å². The Kier molecular flexibility index (Phi) is 1.34. The lowest BCUT2D eigenvalue weighted by Gasteiger charge is -2.30. The van der Waals surface area contributed by atoms with Gasteiger partial charge in [0, 0.05) is 0 Å². The molecule has 3 rings (SSSR count). The topological polar surface area (TPSA) is 36.9 Å². The van der Waals surface area contributed by atoms with Gasteiger partial charge >= 0.3 is 0 Å². The molecule has 3 aliphatic heterocycles. The lowest BCUT2D eigenvalue weighted by molar-refractivity contribution is -0.260. The number of rotatable bonds is 0. The molecule has 0 amide bonds. The molecule has 2 saturated heterocycles. The lowest BCUT2D eigenvalue weighted by atomic mass is 10.2. The second kappa shape index (κ2) is 2.29. The molecule has 1 spiro atoms. The van der Waals surface area contributed by atoms with Crippen LogP contribution in [0.3, 0.4) is 0 Å². The van der Waals surface area contributed by atoms with Crippen LogP contribution in [0.2, 0.25) is 0 Å². The minimum atomic E-state index is -0.743. The molecule has 0 radical (unpaired) electrons.